The topological polar surface area (TPSA) is 49.5 Å². The molecule has 1 atom stereocenters. The van der Waals surface area contributed by atoms with Crippen molar-refractivity contribution in [2.24, 2.45) is 0 Å². The summed E-state index contributed by atoms with van der Waals surface area (Å²) in [4.78, 5) is 0. The van der Waals surface area contributed by atoms with E-state index in [0.717, 1.165) is 19.4 Å². The Hall–Kier alpha value is 0.0169. The molecule has 0 bridgehead atoms. The average Bonchev–Trinajstić information content (AvgIpc) is 3.07. The quantitative estimate of drug-likeness (QED) is 0.440. The minimum absolute atomic E-state index is 0.358. The van der Waals surface area contributed by atoms with Gasteiger partial charge in [0.1, 0.15) is 0 Å². The van der Waals surface area contributed by atoms with Crippen molar-refractivity contribution in [3.05, 3.63) is 0 Å². The molecule has 0 N–H and O–H groups in total. The molecule has 1 heterocycles. The van der Waals surface area contributed by atoms with Crippen LogP contribution in [0.25, 0.3) is 0 Å². The Labute approximate surface area is 92.1 Å². The molecule has 0 aromatic rings. The molecule has 1 unspecified atom stereocenters. The normalized spacial score (nSPS) is 20.6. The minimum atomic E-state index is -2.86. The van der Waals surface area contributed by atoms with Crippen molar-refractivity contribution in [2.75, 3.05) is 34.0 Å². The first-order valence-corrected chi connectivity index (χ1v) is 6.89. The monoisotopic (exact) mass is 236 g/mol. The molecule has 0 saturated carbocycles. The molecule has 0 amide bonds. The lowest BCUT2D eigenvalue weighted by Crippen LogP contribution is -2.48. The van der Waals surface area contributed by atoms with Gasteiger partial charge in [0, 0.05) is 27.4 Å². The predicted molar refractivity (Wildman–Crippen MR) is 56.3 cm³/mol. The molecule has 15 heavy (non-hydrogen) atoms. The molecule has 0 aliphatic carbocycles. The van der Waals surface area contributed by atoms with E-state index in [0.29, 0.717) is 19.3 Å². The molecule has 1 saturated heterocycles. The van der Waals surface area contributed by atoms with Gasteiger partial charge in [-0.1, -0.05) is 6.92 Å². The zero-order chi connectivity index (χ0) is 11.1. The van der Waals surface area contributed by atoms with E-state index in [-0.39, 0.29) is 0 Å². The summed E-state index contributed by atoms with van der Waals surface area (Å²) in [6.45, 7) is 4.02. The van der Waals surface area contributed by atoms with Crippen molar-refractivity contribution in [3.63, 3.8) is 0 Å². The lowest BCUT2D eigenvalue weighted by molar-refractivity contribution is -0.0101. The summed E-state index contributed by atoms with van der Waals surface area (Å²) < 4.78 is 26.6. The Morgan fingerprint density at radius 1 is 1.20 bits per heavy atom. The summed E-state index contributed by atoms with van der Waals surface area (Å²) in [6.07, 6.45) is 2.14. The van der Waals surface area contributed by atoms with Crippen molar-refractivity contribution < 1.29 is 22.4 Å². The molecular formula is C9H20O5Si. The van der Waals surface area contributed by atoms with Gasteiger partial charge in [-0.25, -0.2) is 0 Å². The van der Waals surface area contributed by atoms with Gasteiger partial charge in [0.25, 0.3) is 0 Å². The molecule has 90 valence electrons. The van der Waals surface area contributed by atoms with Crippen LogP contribution in [0.1, 0.15) is 19.8 Å². The molecule has 6 heteroatoms. The van der Waals surface area contributed by atoms with Crippen LogP contribution >= 0.6 is 0 Å². The Morgan fingerprint density at radius 2 is 1.80 bits per heavy atom. The molecule has 0 radical (unpaired) electrons. The maximum absolute atomic E-state index is 5.57. The number of hydrogen-bond donors (Lipinski definition) is 0. The van der Waals surface area contributed by atoms with E-state index < -0.39 is 9.05 Å². The maximum Gasteiger partial charge on any atom is 0.679 e. The highest BCUT2D eigenvalue weighted by Gasteiger charge is 2.43. The number of rotatable bonds is 9. The van der Waals surface area contributed by atoms with Crippen LogP contribution in [-0.4, -0.2) is 49.2 Å². The summed E-state index contributed by atoms with van der Waals surface area (Å²) in [5, 5.41) is 0. The first kappa shape index (κ1) is 13.1. The Morgan fingerprint density at radius 3 is 2.27 bits per heavy atom. The second-order valence-corrected chi connectivity index (χ2v) is 5.74. The molecular weight excluding hydrogens is 216 g/mol. The van der Waals surface area contributed by atoms with E-state index in [4.69, 9.17) is 22.4 Å². The summed E-state index contributed by atoms with van der Waals surface area (Å²) in [7, 11) is 0.250. The van der Waals surface area contributed by atoms with Gasteiger partial charge in [0.15, 0.2) is 0 Å². The van der Waals surface area contributed by atoms with Crippen LogP contribution in [0.5, 0.6) is 0 Å². The molecule has 0 aromatic carbocycles. The fourth-order valence-electron chi connectivity index (χ4n) is 1.14. The van der Waals surface area contributed by atoms with Gasteiger partial charge >= 0.3 is 9.05 Å². The van der Waals surface area contributed by atoms with Crippen LogP contribution in [0.15, 0.2) is 0 Å². The van der Waals surface area contributed by atoms with Gasteiger partial charge in [-0.3, -0.25) is 0 Å². The largest absolute Gasteiger partial charge is 0.679 e. The SMILES string of the molecule is CCCO[Si](OC)(OC)OCCC1CO1. The van der Waals surface area contributed by atoms with Crippen LogP contribution in [-0.2, 0) is 22.4 Å². The van der Waals surface area contributed by atoms with E-state index in [9.17, 15) is 0 Å². The zero-order valence-corrected chi connectivity index (χ0v) is 10.7. The number of hydrogen-bond acceptors (Lipinski definition) is 5. The van der Waals surface area contributed by atoms with Gasteiger partial charge in [0.05, 0.1) is 12.7 Å². The van der Waals surface area contributed by atoms with Crippen molar-refractivity contribution >= 4 is 9.05 Å². The van der Waals surface area contributed by atoms with Crippen LogP contribution in [0.3, 0.4) is 0 Å². The zero-order valence-electron chi connectivity index (χ0n) is 9.65. The highest BCUT2D eigenvalue weighted by molar-refractivity contribution is 6.53. The lowest BCUT2D eigenvalue weighted by atomic mass is 10.4. The Bertz CT molecular complexity index is 170. The van der Waals surface area contributed by atoms with E-state index in [2.05, 4.69) is 0 Å². The third-order valence-corrected chi connectivity index (χ3v) is 4.22. The van der Waals surface area contributed by atoms with Crippen LogP contribution in [0.2, 0.25) is 0 Å². The predicted octanol–water partition coefficient (Wildman–Crippen LogP) is 0.947. The molecule has 1 aliphatic rings. The molecule has 0 aromatic heterocycles. The highest BCUT2D eigenvalue weighted by atomic mass is 28.4. The van der Waals surface area contributed by atoms with Crippen molar-refractivity contribution in [1.29, 1.82) is 0 Å². The third kappa shape index (κ3) is 4.58. The van der Waals surface area contributed by atoms with E-state index in [1.807, 2.05) is 6.92 Å². The minimum Gasteiger partial charge on any atom is -0.373 e. The molecule has 0 spiro atoms. The molecule has 1 fully saturated rings. The second kappa shape index (κ2) is 6.57. The smallest absolute Gasteiger partial charge is 0.373 e. The molecule has 1 rings (SSSR count). The van der Waals surface area contributed by atoms with Crippen molar-refractivity contribution in [2.45, 2.75) is 25.9 Å². The third-order valence-electron chi connectivity index (χ3n) is 2.10. The second-order valence-electron chi connectivity index (χ2n) is 3.35. The fourth-order valence-corrected chi connectivity index (χ4v) is 2.68. The average molecular weight is 236 g/mol. The summed E-state index contributed by atoms with van der Waals surface area (Å²) in [5.41, 5.74) is 0. The van der Waals surface area contributed by atoms with Crippen LogP contribution in [0, 0.1) is 0 Å². The summed E-state index contributed by atoms with van der Waals surface area (Å²) >= 11 is 0. The molecule has 5 nitrogen and oxygen atoms in total. The highest BCUT2D eigenvalue weighted by Crippen LogP contribution is 2.16. The van der Waals surface area contributed by atoms with Gasteiger partial charge in [-0.15, -0.1) is 0 Å². The number of epoxide rings is 1. The van der Waals surface area contributed by atoms with Gasteiger partial charge < -0.3 is 22.4 Å². The van der Waals surface area contributed by atoms with Crippen molar-refractivity contribution in [3.8, 4) is 0 Å². The van der Waals surface area contributed by atoms with E-state index >= 15 is 0 Å². The fraction of sp³-hybridized carbons (Fsp3) is 1.00. The van der Waals surface area contributed by atoms with Gasteiger partial charge in [-0.05, 0) is 12.8 Å². The maximum atomic E-state index is 5.57. The van der Waals surface area contributed by atoms with E-state index in [1.165, 1.54) is 0 Å². The van der Waals surface area contributed by atoms with Crippen molar-refractivity contribution in [1.82, 2.24) is 0 Å². The first-order chi connectivity index (χ1) is 7.26. The number of ether oxygens (including phenoxy) is 1. The van der Waals surface area contributed by atoms with E-state index in [1.54, 1.807) is 14.2 Å². The van der Waals surface area contributed by atoms with Crippen LogP contribution < -0.4 is 0 Å². The summed E-state index contributed by atoms with van der Waals surface area (Å²) in [5.74, 6) is 0. The lowest BCUT2D eigenvalue weighted by Gasteiger charge is -2.24. The Kier molecular flexibility index (Phi) is 5.73. The van der Waals surface area contributed by atoms with Gasteiger partial charge in [-0.2, -0.15) is 0 Å². The van der Waals surface area contributed by atoms with Crippen LogP contribution in [0.4, 0.5) is 0 Å². The summed E-state index contributed by atoms with van der Waals surface area (Å²) in [6, 6.07) is 0. The Balaban J connectivity index is 2.24. The van der Waals surface area contributed by atoms with Gasteiger partial charge in [0.2, 0.25) is 0 Å². The standard InChI is InChI=1S/C9H20O5Si/c1-4-6-13-15(10-2,11-3)14-7-5-9-8-12-9/h9H,4-8H2,1-3H3. The molecule has 1 aliphatic heterocycles. The first-order valence-electron chi connectivity index (χ1n) is 5.26.